The third-order valence-corrected chi connectivity index (χ3v) is 4.46. The zero-order chi connectivity index (χ0) is 14.2. The van der Waals surface area contributed by atoms with E-state index in [1.54, 1.807) is 0 Å². The van der Waals surface area contributed by atoms with Crippen LogP contribution in [0.5, 0.6) is 0 Å². The highest BCUT2D eigenvalue weighted by atomic mass is 16.5. The lowest BCUT2D eigenvalue weighted by atomic mass is 9.86. The van der Waals surface area contributed by atoms with Crippen molar-refractivity contribution < 1.29 is 4.52 Å². The summed E-state index contributed by atoms with van der Waals surface area (Å²) in [7, 11) is 0. The first-order valence-electron chi connectivity index (χ1n) is 7.47. The van der Waals surface area contributed by atoms with Crippen LogP contribution in [0.3, 0.4) is 0 Å². The zero-order valence-corrected chi connectivity index (χ0v) is 12.1. The Morgan fingerprint density at radius 2 is 1.95 bits per heavy atom. The van der Waals surface area contributed by atoms with Crippen LogP contribution in [0.15, 0.2) is 35.0 Å². The number of fused-ring (bicyclic) bond motifs is 1. The molecule has 2 aliphatic rings. The van der Waals surface area contributed by atoms with Crippen LogP contribution in [0, 0.1) is 18.8 Å². The number of aryl methyl sites for hydroxylation is 1. The molecule has 0 aromatic carbocycles. The Labute approximate surface area is 123 Å². The van der Waals surface area contributed by atoms with Crippen LogP contribution in [0.25, 0.3) is 11.5 Å². The summed E-state index contributed by atoms with van der Waals surface area (Å²) in [5, 5.41) is 3.89. The Hall–Kier alpha value is -2.17. The van der Waals surface area contributed by atoms with Crippen molar-refractivity contribution in [2.75, 3.05) is 18.0 Å². The van der Waals surface area contributed by atoms with Crippen molar-refractivity contribution in [3.05, 3.63) is 36.3 Å². The van der Waals surface area contributed by atoms with Gasteiger partial charge in [-0.1, -0.05) is 17.3 Å². The Morgan fingerprint density at radius 1 is 1.19 bits per heavy atom. The Balaban J connectivity index is 1.67. The number of rotatable bonds is 2. The van der Waals surface area contributed by atoms with Crippen LogP contribution in [0.2, 0.25) is 0 Å². The fourth-order valence-electron chi connectivity index (χ4n) is 3.41. The monoisotopic (exact) mass is 282 g/mol. The highest BCUT2D eigenvalue weighted by Crippen LogP contribution is 2.37. The van der Waals surface area contributed by atoms with Gasteiger partial charge in [-0.3, -0.25) is 0 Å². The number of hydrogen-bond acceptors (Lipinski definition) is 5. The van der Waals surface area contributed by atoms with E-state index in [-0.39, 0.29) is 0 Å². The molecule has 108 valence electrons. The van der Waals surface area contributed by atoms with E-state index in [9.17, 15) is 0 Å². The number of anilines is 1. The summed E-state index contributed by atoms with van der Waals surface area (Å²) in [4.78, 5) is 11.3. The van der Waals surface area contributed by atoms with Gasteiger partial charge >= 0.3 is 0 Å². The lowest BCUT2D eigenvalue weighted by Crippen LogP contribution is -2.21. The molecule has 1 saturated heterocycles. The third-order valence-electron chi connectivity index (χ3n) is 4.46. The van der Waals surface area contributed by atoms with E-state index in [2.05, 4.69) is 32.2 Å². The normalized spacial score (nSPS) is 24.3. The minimum absolute atomic E-state index is 0.559. The van der Waals surface area contributed by atoms with E-state index in [0.717, 1.165) is 36.3 Å². The van der Waals surface area contributed by atoms with Gasteiger partial charge in [-0.05, 0) is 43.7 Å². The summed E-state index contributed by atoms with van der Waals surface area (Å²) < 4.78 is 5.33. The molecule has 0 saturated carbocycles. The van der Waals surface area contributed by atoms with Crippen molar-refractivity contribution in [2.24, 2.45) is 11.8 Å². The molecule has 0 radical (unpaired) electrons. The summed E-state index contributed by atoms with van der Waals surface area (Å²) in [6.45, 7) is 3.96. The number of nitrogens with zero attached hydrogens (tertiary/aromatic N) is 4. The van der Waals surface area contributed by atoms with E-state index in [1.807, 2.05) is 25.3 Å². The van der Waals surface area contributed by atoms with Crippen molar-refractivity contribution >= 4 is 5.82 Å². The summed E-state index contributed by atoms with van der Waals surface area (Å²) >= 11 is 0. The first kappa shape index (κ1) is 12.6. The number of hydrogen-bond donors (Lipinski definition) is 0. The average Bonchev–Trinajstić information content (AvgIpc) is 3.13. The lowest BCUT2D eigenvalue weighted by molar-refractivity contribution is 0.411. The molecule has 1 aliphatic carbocycles. The van der Waals surface area contributed by atoms with Crippen LogP contribution in [-0.4, -0.2) is 28.2 Å². The van der Waals surface area contributed by atoms with Crippen LogP contribution in [0.4, 0.5) is 5.82 Å². The van der Waals surface area contributed by atoms with E-state index >= 15 is 0 Å². The van der Waals surface area contributed by atoms with Gasteiger partial charge in [-0.25, -0.2) is 4.98 Å². The van der Waals surface area contributed by atoms with Gasteiger partial charge in [0.05, 0.1) is 5.56 Å². The molecule has 0 amide bonds. The standard InChI is InChI=1S/C16H18N4O/c1-11-18-16(21-19-11)14-7-4-8-17-15(14)20-9-12-5-2-3-6-13(12)10-20/h2-4,7-8,12-13H,5-6,9-10H2,1H3/t12-,13-/m0/s1. The predicted octanol–water partition coefficient (Wildman–Crippen LogP) is 2.84. The minimum atomic E-state index is 0.559. The van der Waals surface area contributed by atoms with Crippen LogP contribution in [-0.2, 0) is 0 Å². The zero-order valence-electron chi connectivity index (χ0n) is 12.1. The first-order chi connectivity index (χ1) is 10.3. The second-order valence-corrected chi connectivity index (χ2v) is 5.89. The molecule has 2 atom stereocenters. The number of aromatic nitrogens is 3. The molecular weight excluding hydrogens is 264 g/mol. The Bertz CT molecular complexity index is 662. The topological polar surface area (TPSA) is 55.1 Å². The van der Waals surface area contributed by atoms with Crippen molar-refractivity contribution in [2.45, 2.75) is 19.8 Å². The van der Waals surface area contributed by atoms with Gasteiger partial charge in [0.15, 0.2) is 5.82 Å². The molecule has 0 bridgehead atoms. The summed E-state index contributed by atoms with van der Waals surface area (Å²) in [5.41, 5.74) is 0.935. The highest BCUT2D eigenvalue weighted by Gasteiger charge is 2.34. The Kier molecular flexibility index (Phi) is 2.98. The van der Waals surface area contributed by atoms with Crippen molar-refractivity contribution in [3.63, 3.8) is 0 Å². The van der Waals surface area contributed by atoms with E-state index < -0.39 is 0 Å². The van der Waals surface area contributed by atoms with Crippen LogP contribution in [0.1, 0.15) is 18.7 Å². The van der Waals surface area contributed by atoms with Gasteiger partial charge in [-0.2, -0.15) is 4.98 Å². The quantitative estimate of drug-likeness (QED) is 0.793. The molecule has 3 heterocycles. The molecule has 2 aromatic heterocycles. The Morgan fingerprint density at radius 3 is 2.62 bits per heavy atom. The second kappa shape index (κ2) is 4.98. The molecule has 4 rings (SSSR count). The summed E-state index contributed by atoms with van der Waals surface area (Å²) in [5.74, 6) is 3.67. The third kappa shape index (κ3) is 2.22. The summed E-state index contributed by atoms with van der Waals surface area (Å²) in [6, 6.07) is 3.93. The molecule has 1 aliphatic heterocycles. The van der Waals surface area contributed by atoms with Gasteiger partial charge in [0.2, 0.25) is 0 Å². The van der Waals surface area contributed by atoms with Crippen LogP contribution < -0.4 is 4.90 Å². The van der Waals surface area contributed by atoms with E-state index in [1.165, 1.54) is 12.8 Å². The summed E-state index contributed by atoms with van der Waals surface area (Å²) in [6.07, 6.45) is 8.82. The van der Waals surface area contributed by atoms with Crippen molar-refractivity contribution in [1.82, 2.24) is 15.1 Å². The fraction of sp³-hybridized carbons (Fsp3) is 0.438. The molecule has 21 heavy (non-hydrogen) atoms. The van der Waals surface area contributed by atoms with Gasteiger partial charge in [0.1, 0.15) is 5.82 Å². The molecule has 5 heteroatoms. The largest absolute Gasteiger partial charge is 0.355 e. The first-order valence-corrected chi connectivity index (χ1v) is 7.47. The molecule has 0 unspecified atom stereocenters. The smallest absolute Gasteiger partial charge is 0.261 e. The highest BCUT2D eigenvalue weighted by molar-refractivity contribution is 5.70. The van der Waals surface area contributed by atoms with E-state index in [0.29, 0.717) is 11.7 Å². The minimum Gasteiger partial charge on any atom is -0.355 e. The second-order valence-electron chi connectivity index (χ2n) is 5.89. The van der Waals surface area contributed by atoms with Gasteiger partial charge in [0, 0.05) is 19.3 Å². The molecule has 1 fully saturated rings. The number of pyridine rings is 1. The lowest BCUT2D eigenvalue weighted by Gasteiger charge is -2.19. The fourth-order valence-corrected chi connectivity index (χ4v) is 3.41. The van der Waals surface area contributed by atoms with Gasteiger partial charge in [0.25, 0.3) is 5.89 Å². The van der Waals surface area contributed by atoms with Crippen LogP contribution >= 0.6 is 0 Å². The van der Waals surface area contributed by atoms with Gasteiger partial charge < -0.3 is 9.42 Å². The SMILES string of the molecule is Cc1noc(-c2cccnc2N2C[C@@H]3CC=CC[C@H]3C2)n1. The predicted molar refractivity (Wildman–Crippen MR) is 79.8 cm³/mol. The maximum absolute atomic E-state index is 5.33. The maximum Gasteiger partial charge on any atom is 0.261 e. The molecule has 0 spiro atoms. The maximum atomic E-state index is 5.33. The molecule has 2 aromatic rings. The van der Waals surface area contributed by atoms with Crippen molar-refractivity contribution in [3.8, 4) is 11.5 Å². The van der Waals surface area contributed by atoms with E-state index in [4.69, 9.17) is 4.52 Å². The van der Waals surface area contributed by atoms with Crippen molar-refractivity contribution in [1.29, 1.82) is 0 Å². The average molecular weight is 282 g/mol. The number of allylic oxidation sites excluding steroid dienone is 2. The molecule has 0 N–H and O–H groups in total. The molecule has 5 nitrogen and oxygen atoms in total. The molecular formula is C16H18N4O. The van der Waals surface area contributed by atoms with Gasteiger partial charge in [-0.15, -0.1) is 0 Å².